The lowest BCUT2D eigenvalue weighted by atomic mass is 10.2. The lowest BCUT2D eigenvalue weighted by Gasteiger charge is -2.18. The van der Waals surface area contributed by atoms with Gasteiger partial charge in [0, 0.05) is 19.5 Å². The van der Waals surface area contributed by atoms with E-state index in [0.29, 0.717) is 19.5 Å². The van der Waals surface area contributed by atoms with Crippen LogP contribution in [0, 0.1) is 0 Å². The topological polar surface area (TPSA) is 66.5 Å². The first-order valence-electron chi connectivity index (χ1n) is 7.02. The summed E-state index contributed by atoms with van der Waals surface area (Å²) in [5, 5.41) is 0. The molecule has 0 aliphatic carbocycles. The molecular formula is C15H22N2O3S. The number of amides is 1. The summed E-state index contributed by atoms with van der Waals surface area (Å²) in [4.78, 5) is 11.7. The summed E-state index contributed by atoms with van der Waals surface area (Å²) < 4.78 is 27.0. The molecule has 21 heavy (non-hydrogen) atoms. The standard InChI is InChI=1S/C15H22N2O3S/c1-3-17(4-2)21(19,20)16-15(18)13-9-8-12-14-10-6-5-7-11-14/h5-8,10-12H,3-4,9,13H2,1-2H3,(H,16,18)/b12-8-. The Balaban J connectivity index is 2.43. The molecule has 6 heteroatoms. The second-order valence-corrected chi connectivity index (χ2v) is 6.14. The highest BCUT2D eigenvalue weighted by Crippen LogP contribution is 2.04. The Morgan fingerprint density at radius 1 is 1.19 bits per heavy atom. The van der Waals surface area contributed by atoms with Crippen molar-refractivity contribution >= 4 is 22.2 Å². The minimum absolute atomic E-state index is 0.143. The number of benzene rings is 1. The van der Waals surface area contributed by atoms with E-state index in [0.717, 1.165) is 5.56 Å². The number of nitrogens with zero attached hydrogens (tertiary/aromatic N) is 1. The fourth-order valence-electron chi connectivity index (χ4n) is 1.82. The molecule has 1 N–H and O–H groups in total. The van der Waals surface area contributed by atoms with E-state index in [1.165, 1.54) is 4.31 Å². The van der Waals surface area contributed by atoms with Gasteiger partial charge in [-0.2, -0.15) is 12.7 Å². The molecule has 0 saturated heterocycles. The number of rotatable bonds is 8. The second-order valence-electron chi connectivity index (χ2n) is 4.47. The molecule has 0 radical (unpaired) electrons. The highest BCUT2D eigenvalue weighted by molar-refractivity contribution is 7.87. The second kappa shape index (κ2) is 8.59. The minimum atomic E-state index is -3.70. The Kier molecular flexibility index (Phi) is 7.11. The number of hydrogen-bond acceptors (Lipinski definition) is 3. The van der Waals surface area contributed by atoms with Crippen LogP contribution in [0.3, 0.4) is 0 Å². The predicted molar refractivity (Wildman–Crippen MR) is 84.7 cm³/mol. The molecule has 1 amide bonds. The van der Waals surface area contributed by atoms with Gasteiger partial charge in [0.05, 0.1) is 0 Å². The van der Waals surface area contributed by atoms with Crippen molar-refractivity contribution in [2.24, 2.45) is 0 Å². The van der Waals surface area contributed by atoms with Crippen LogP contribution in [0.25, 0.3) is 6.08 Å². The normalized spacial score (nSPS) is 12.0. The van der Waals surface area contributed by atoms with Crippen molar-refractivity contribution in [2.75, 3.05) is 13.1 Å². The smallest absolute Gasteiger partial charge is 0.274 e. The number of nitrogens with one attached hydrogen (secondary N) is 1. The van der Waals surface area contributed by atoms with E-state index >= 15 is 0 Å². The summed E-state index contributed by atoms with van der Waals surface area (Å²) in [6, 6.07) is 9.72. The maximum atomic E-state index is 11.8. The van der Waals surface area contributed by atoms with Gasteiger partial charge < -0.3 is 0 Å². The summed E-state index contributed by atoms with van der Waals surface area (Å²) in [7, 11) is -3.70. The lowest BCUT2D eigenvalue weighted by molar-refractivity contribution is -0.119. The van der Waals surface area contributed by atoms with Crippen LogP contribution in [-0.4, -0.2) is 31.7 Å². The Morgan fingerprint density at radius 3 is 2.38 bits per heavy atom. The number of allylic oxidation sites excluding steroid dienone is 1. The number of carbonyl (C=O) groups excluding carboxylic acids is 1. The molecular weight excluding hydrogens is 288 g/mol. The first kappa shape index (κ1) is 17.4. The van der Waals surface area contributed by atoms with Crippen molar-refractivity contribution in [3.05, 3.63) is 42.0 Å². The van der Waals surface area contributed by atoms with E-state index in [-0.39, 0.29) is 6.42 Å². The largest absolute Gasteiger partial charge is 0.303 e. The zero-order valence-electron chi connectivity index (χ0n) is 12.5. The van der Waals surface area contributed by atoms with Gasteiger partial charge in [0.2, 0.25) is 5.91 Å². The van der Waals surface area contributed by atoms with Gasteiger partial charge in [0.1, 0.15) is 0 Å². The van der Waals surface area contributed by atoms with Crippen LogP contribution in [0.2, 0.25) is 0 Å². The van der Waals surface area contributed by atoms with Gasteiger partial charge in [-0.25, -0.2) is 4.72 Å². The SMILES string of the molecule is CCN(CC)S(=O)(=O)NC(=O)CC/C=C\c1ccccc1. The molecule has 0 heterocycles. The monoisotopic (exact) mass is 310 g/mol. The zero-order chi connectivity index (χ0) is 15.7. The first-order valence-corrected chi connectivity index (χ1v) is 8.46. The maximum Gasteiger partial charge on any atom is 0.303 e. The Morgan fingerprint density at radius 2 is 1.81 bits per heavy atom. The van der Waals surface area contributed by atoms with E-state index in [2.05, 4.69) is 4.72 Å². The number of hydrogen-bond donors (Lipinski definition) is 1. The van der Waals surface area contributed by atoms with Crippen LogP contribution in [-0.2, 0) is 15.0 Å². The van der Waals surface area contributed by atoms with Gasteiger partial charge in [0.25, 0.3) is 0 Å². The van der Waals surface area contributed by atoms with E-state index in [4.69, 9.17) is 0 Å². The van der Waals surface area contributed by atoms with Gasteiger partial charge in [-0.05, 0) is 12.0 Å². The van der Waals surface area contributed by atoms with Crippen LogP contribution in [0.5, 0.6) is 0 Å². The summed E-state index contributed by atoms with van der Waals surface area (Å²) in [5.74, 6) is -0.486. The van der Waals surface area contributed by atoms with Gasteiger partial charge in [-0.1, -0.05) is 56.3 Å². The summed E-state index contributed by atoms with van der Waals surface area (Å²) in [6.45, 7) is 4.14. The van der Waals surface area contributed by atoms with Crippen LogP contribution < -0.4 is 4.72 Å². The molecule has 1 aromatic carbocycles. The van der Waals surface area contributed by atoms with Gasteiger partial charge >= 0.3 is 10.2 Å². The van der Waals surface area contributed by atoms with E-state index in [1.807, 2.05) is 42.5 Å². The van der Waals surface area contributed by atoms with Crippen LogP contribution in [0.4, 0.5) is 0 Å². The molecule has 0 aliphatic heterocycles. The highest BCUT2D eigenvalue weighted by atomic mass is 32.2. The fourth-order valence-corrected chi connectivity index (χ4v) is 3.02. The molecule has 0 atom stereocenters. The average molecular weight is 310 g/mol. The third-order valence-electron chi connectivity index (χ3n) is 2.94. The van der Waals surface area contributed by atoms with E-state index < -0.39 is 16.1 Å². The molecule has 0 unspecified atom stereocenters. The summed E-state index contributed by atoms with van der Waals surface area (Å²) in [6.07, 6.45) is 4.41. The Bertz CT molecular complexity index is 564. The van der Waals surface area contributed by atoms with Crippen molar-refractivity contribution in [1.82, 2.24) is 9.03 Å². The quantitative estimate of drug-likeness (QED) is 0.800. The van der Waals surface area contributed by atoms with Crippen molar-refractivity contribution < 1.29 is 13.2 Å². The third-order valence-corrected chi connectivity index (χ3v) is 4.62. The molecule has 116 valence electrons. The lowest BCUT2D eigenvalue weighted by Crippen LogP contribution is -2.43. The van der Waals surface area contributed by atoms with Crippen molar-refractivity contribution in [2.45, 2.75) is 26.7 Å². The molecule has 5 nitrogen and oxygen atoms in total. The molecule has 1 aromatic rings. The molecule has 0 fully saturated rings. The maximum absolute atomic E-state index is 11.8. The zero-order valence-corrected chi connectivity index (χ0v) is 13.3. The van der Waals surface area contributed by atoms with Crippen molar-refractivity contribution in [3.63, 3.8) is 0 Å². The molecule has 0 aromatic heterocycles. The van der Waals surface area contributed by atoms with Crippen molar-refractivity contribution in [1.29, 1.82) is 0 Å². The summed E-state index contributed by atoms with van der Waals surface area (Å²) in [5.41, 5.74) is 1.05. The molecule has 0 aliphatic rings. The Hall–Kier alpha value is -1.66. The molecule has 0 spiro atoms. The summed E-state index contributed by atoms with van der Waals surface area (Å²) >= 11 is 0. The average Bonchev–Trinajstić information content (AvgIpc) is 2.45. The molecule has 1 rings (SSSR count). The van der Waals surface area contributed by atoms with Crippen LogP contribution >= 0.6 is 0 Å². The van der Waals surface area contributed by atoms with Crippen LogP contribution in [0.1, 0.15) is 32.3 Å². The van der Waals surface area contributed by atoms with Crippen LogP contribution in [0.15, 0.2) is 36.4 Å². The molecule has 0 bridgehead atoms. The third kappa shape index (κ3) is 6.10. The minimum Gasteiger partial charge on any atom is -0.274 e. The van der Waals surface area contributed by atoms with Gasteiger partial charge in [0.15, 0.2) is 0 Å². The fraction of sp³-hybridized carbons (Fsp3) is 0.400. The number of carbonyl (C=O) groups is 1. The van der Waals surface area contributed by atoms with E-state index in [9.17, 15) is 13.2 Å². The first-order chi connectivity index (χ1) is 9.99. The highest BCUT2D eigenvalue weighted by Gasteiger charge is 2.20. The van der Waals surface area contributed by atoms with Gasteiger partial charge in [-0.15, -0.1) is 0 Å². The predicted octanol–water partition coefficient (Wildman–Crippen LogP) is 2.18. The van der Waals surface area contributed by atoms with Crippen molar-refractivity contribution in [3.8, 4) is 0 Å². The van der Waals surface area contributed by atoms with Gasteiger partial charge in [-0.3, -0.25) is 4.79 Å². The molecule has 0 saturated carbocycles. The Labute approximate surface area is 126 Å². The van der Waals surface area contributed by atoms with E-state index in [1.54, 1.807) is 13.8 Å².